The highest BCUT2D eigenvalue weighted by atomic mass is 32.1. The molecule has 0 aliphatic carbocycles. The number of nitrogens with one attached hydrogen (secondary N) is 1. The Labute approximate surface area is 127 Å². The molecule has 0 aliphatic rings. The molecule has 0 spiro atoms. The number of thiophene rings is 1. The maximum Gasteiger partial charge on any atom is 0.251 e. The van der Waals surface area contributed by atoms with Crippen LogP contribution in [0.15, 0.2) is 29.6 Å². The first-order valence-corrected chi connectivity index (χ1v) is 7.23. The molecule has 0 aliphatic heterocycles. The van der Waals surface area contributed by atoms with E-state index in [4.69, 9.17) is 5.11 Å². The van der Waals surface area contributed by atoms with Gasteiger partial charge in [0.15, 0.2) is 0 Å². The van der Waals surface area contributed by atoms with Gasteiger partial charge in [0.25, 0.3) is 5.91 Å². The maximum absolute atomic E-state index is 12.0. The van der Waals surface area contributed by atoms with Crippen molar-refractivity contribution < 1.29 is 15.0 Å². The molecule has 3 N–H and O–H groups in total. The van der Waals surface area contributed by atoms with Gasteiger partial charge in [0, 0.05) is 16.0 Å². The number of aryl methyl sites for hydroxylation is 1. The molecule has 0 unspecified atom stereocenters. The predicted molar refractivity (Wildman–Crippen MR) is 82.3 cm³/mol. The molecule has 1 aromatic heterocycles. The number of rotatable bonds is 3. The van der Waals surface area contributed by atoms with Crippen molar-refractivity contribution in [2.75, 3.05) is 6.61 Å². The fraction of sp³-hybridized carbons (Fsp3) is 0.188. The number of carbonyl (C=O) groups is 1. The lowest BCUT2D eigenvalue weighted by Gasteiger charge is -2.06. The average Bonchev–Trinajstić information content (AvgIpc) is 2.92. The summed E-state index contributed by atoms with van der Waals surface area (Å²) in [7, 11) is 0. The molecule has 0 saturated heterocycles. The van der Waals surface area contributed by atoms with Gasteiger partial charge in [-0.05, 0) is 36.1 Å². The molecular weight excluding hydrogens is 286 g/mol. The van der Waals surface area contributed by atoms with E-state index < -0.39 is 0 Å². The van der Waals surface area contributed by atoms with Gasteiger partial charge in [0.1, 0.15) is 12.4 Å². The zero-order valence-corrected chi connectivity index (χ0v) is 12.3. The molecule has 1 aromatic carbocycles. The van der Waals surface area contributed by atoms with Crippen LogP contribution in [-0.2, 0) is 6.54 Å². The Morgan fingerprint density at radius 1 is 1.38 bits per heavy atom. The Morgan fingerprint density at radius 2 is 2.19 bits per heavy atom. The van der Waals surface area contributed by atoms with E-state index in [1.165, 1.54) is 17.4 Å². The monoisotopic (exact) mass is 301 g/mol. The number of hydrogen-bond acceptors (Lipinski definition) is 4. The quantitative estimate of drug-likeness (QED) is 0.760. The summed E-state index contributed by atoms with van der Waals surface area (Å²) in [6, 6.07) is 6.68. The summed E-state index contributed by atoms with van der Waals surface area (Å²) in [6.07, 6.45) is 0. The first-order chi connectivity index (χ1) is 10.1. The molecule has 5 heteroatoms. The number of aliphatic hydroxyl groups excluding tert-OH is 1. The summed E-state index contributed by atoms with van der Waals surface area (Å²) in [5, 5.41) is 23.0. The molecular formula is C16H15NO3S. The minimum absolute atomic E-state index is 0.105. The molecule has 2 aromatic rings. The van der Waals surface area contributed by atoms with E-state index in [0.717, 1.165) is 16.0 Å². The van der Waals surface area contributed by atoms with E-state index in [0.29, 0.717) is 12.1 Å². The fourth-order valence-electron chi connectivity index (χ4n) is 1.74. The van der Waals surface area contributed by atoms with E-state index in [1.54, 1.807) is 19.1 Å². The van der Waals surface area contributed by atoms with Gasteiger partial charge in [-0.1, -0.05) is 17.9 Å². The van der Waals surface area contributed by atoms with Crippen molar-refractivity contribution in [3.63, 3.8) is 0 Å². The van der Waals surface area contributed by atoms with Crippen LogP contribution < -0.4 is 5.32 Å². The number of phenolic OH excluding ortho intramolecular Hbond substituents is 1. The number of amides is 1. The van der Waals surface area contributed by atoms with Gasteiger partial charge in [-0.15, -0.1) is 11.3 Å². The van der Waals surface area contributed by atoms with E-state index in [2.05, 4.69) is 17.2 Å². The van der Waals surface area contributed by atoms with E-state index >= 15 is 0 Å². The molecule has 2 rings (SSSR count). The standard InChI is InChI=1S/C16H15NO3S/c1-11-4-5-13(9-14(11)19)16(20)17-10-15-12(3-2-7-18)6-8-21-15/h4-6,8-9,18-19H,7,10H2,1H3,(H,17,20). The SMILES string of the molecule is Cc1ccc(C(=O)NCc2sccc2C#CCO)cc1O. The number of aliphatic hydroxyl groups is 1. The zero-order chi connectivity index (χ0) is 15.2. The fourth-order valence-corrected chi connectivity index (χ4v) is 2.51. The van der Waals surface area contributed by atoms with Crippen LogP contribution in [0, 0.1) is 18.8 Å². The summed E-state index contributed by atoms with van der Waals surface area (Å²) in [6.45, 7) is 1.94. The van der Waals surface area contributed by atoms with Crippen molar-refractivity contribution >= 4 is 17.2 Å². The Balaban J connectivity index is 2.04. The number of benzene rings is 1. The summed E-state index contributed by atoms with van der Waals surface area (Å²) in [5.74, 6) is 5.29. The Kier molecular flexibility index (Phi) is 4.99. The maximum atomic E-state index is 12.0. The highest BCUT2D eigenvalue weighted by Crippen LogP contribution is 2.18. The Bertz CT molecular complexity index is 710. The molecule has 4 nitrogen and oxygen atoms in total. The molecule has 0 bridgehead atoms. The Morgan fingerprint density at radius 3 is 2.90 bits per heavy atom. The highest BCUT2D eigenvalue weighted by molar-refractivity contribution is 7.10. The van der Waals surface area contributed by atoms with Crippen LogP contribution in [0.25, 0.3) is 0 Å². The van der Waals surface area contributed by atoms with Crippen molar-refractivity contribution in [2.24, 2.45) is 0 Å². The Hall–Kier alpha value is -2.29. The molecule has 21 heavy (non-hydrogen) atoms. The molecule has 108 valence electrons. The van der Waals surface area contributed by atoms with Crippen LogP contribution in [-0.4, -0.2) is 22.7 Å². The normalized spacial score (nSPS) is 9.81. The van der Waals surface area contributed by atoms with Crippen LogP contribution in [0.2, 0.25) is 0 Å². The van der Waals surface area contributed by atoms with Crippen LogP contribution in [0.3, 0.4) is 0 Å². The van der Waals surface area contributed by atoms with Crippen molar-refractivity contribution in [3.05, 3.63) is 51.2 Å². The molecule has 0 saturated carbocycles. The third-order valence-electron chi connectivity index (χ3n) is 2.93. The lowest BCUT2D eigenvalue weighted by Crippen LogP contribution is -2.22. The first kappa shape index (κ1) is 15.1. The van der Waals surface area contributed by atoms with E-state index in [-0.39, 0.29) is 18.3 Å². The average molecular weight is 301 g/mol. The lowest BCUT2D eigenvalue weighted by molar-refractivity contribution is 0.0951. The summed E-state index contributed by atoms with van der Waals surface area (Å²) in [4.78, 5) is 13.0. The van der Waals surface area contributed by atoms with Crippen LogP contribution >= 0.6 is 11.3 Å². The van der Waals surface area contributed by atoms with Gasteiger partial charge in [-0.25, -0.2) is 0 Å². The zero-order valence-electron chi connectivity index (χ0n) is 11.5. The number of phenols is 1. The largest absolute Gasteiger partial charge is 0.508 e. The topological polar surface area (TPSA) is 69.6 Å². The first-order valence-electron chi connectivity index (χ1n) is 6.35. The predicted octanol–water partition coefficient (Wildman–Crippen LogP) is 2.04. The molecule has 0 atom stereocenters. The second-order valence-electron chi connectivity index (χ2n) is 4.40. The minimum atomic E-state index is -0.250. The number of aromatic hydroxyl groups is 1. The smallest absolute Gasteiger partial charge is 0.251 e. The third-order valence-corrected chi connectivity index (χ3v) is 3.85. The van der Waals surface area contributed by atoms with Gasteiger partial charge in [0.2, 0.25) is 0 Å². The van der Waals surface area contributed by atoms with Gasteiger partial charge in [-0.3, -0.25) is 4.79 Å². The van der Waals surface area contributed by atoms with Gasteiger partial charge in [0.05, 0.1) is 6.54 Å². The summed E-state index contributed by atoms with van der Waals surface area (Å²) < 4.78 is 0. The van der Waals surface area contributed by atoms with Crippen molar-refractivity contribution in [3.8, 4) is 17.6 Å². The summed E-state index contributed by atoms with van der Waals surface area (Å²) in [5.41, 5.74) is 1.95. The lowest BCUT2D eigenvalue weighted by atomic mass is 10.1. The van der Waals surface area contributed by atoms with Crippen molar-refractivity contribution in [2.45, 2.75) is 13.5 Å². The van der Waals surface area contributed by atoms with Crippen LogP contribution in [0.1, 0.15) is 26.4 Å². The van der Waals surface area contributed by atoms with Crippen molar-refractivity contribution in [1.82, 2.24) is 5.32 Å². The number of hydrogen-bond donors (Lipinski definition) is 3. The van der Waals surface area contributed by atoms with E-state index in [1.807, 2.05) is 11.4 Å². The van der Waals surface area contributed by atoms with Gasteiger partial charge < -0.3 is 15.5 Å². The number of carbonyl (C=O) groups excluding carboxylic acids is 1. The van der Waals surface area contributed by atoms with Crippen LogP contribution in [0.4, 0.5) is 0 Å². The molecule has 0 fully saturated rings. The minimum Gasteiger partial charge on any atom is -0.508 e. The second-order valence-corrected chi connectivity index (χ2v) is 5.40. The van der Waals surface area contributed by atoms with Gasteiger partial charge >= 0.3 is 0 Å². The molecule has 0 radical (unpaired) electrons. The molecule has 1 amide bonds. The van der Waals surface area contributed by atoms with Crippen molar-refractivity contribution in [1.29, 1.82) is 0 Å². The van der Waals surface area contributed by atoms with E-state index in [9.17, 15) is 9.90 Å². The summed E-state index contributed by atoms with van der Waals surface area (Å²) >= 11 is 1.49. The molecule has 1 heterocycles. The second kappa shape index (κ2) is 6.93. The third kappa shape index (κ3) is 3.85. The van der Waals surface area contributed by atoms with Crippen LogP contribution in [0.5, 0.6) is 5.75 Å². The highest BCUT2D eigenvalue weighted by Gasteiger charge is 2.09. The van der Waals surface area contributed by atoms with Gasteiger partial charge in [-0.2, -0.15) is 0 Å².